The van der Waals surface area contributed by atoms with E-state index in [2.05, 4.69) is 5.32 Å². The third kappa shape index (κ3) is 6.23. The van der Waals surface area contributed by atoms with E-state index in [0.717, 1.165) is 0 Å². The number of carbonyl (C=O) groups is 1. The molecule has 0 radical (unpaired) electrons. The lowest BCUT2D eigenvalue weighted by Gasteiger charge is -2.20. The molecule has 0 spiro atoms. The van der Waals surface area contributed by atoms with Crippen molar-refractivity contribution < 1.29 is 13.9 Å². The fraction of sp³-hybridized carbons (Fsp3) is 0.500. The predicted molar refractivity (Wildman–Crippen MR) is 69.0 cm³/mol. The highest BCUT2D eigenvalue weighted by atomic mass is 19.1. The van der Waals surface area contributed by atoms with E-state index in [1.54, 1.807) is 12.1 Å². The summed E-state index contributed by atoms with van der Waals surface area (Å²) in [6, 6.07) is 5.85. The Labute approximate surface area is 107 Å². The SMILES string of the molecule is CC(C)(C)NC(=O)CCCOc1ccc(F)cc1. The summed E-state index contributed by atoms with van der Waals surface area (Å²) in [6.45, 7) is 6.28. The molecule has 0 aliphatic heterocycles. The van der Waals surface area contributed by atoms with Gasteiger partial charge in [0.2, 0.25) is 5.91 Å². The fourth-order valence-corrected chi connectivity index (χ4v) is 1.43. The van der Waals surface area contributed by atoms with Crippen LogP contribution in [-0.4, -0.2) is 18.1 Å². The summed E-state index contributed by atoms with van der Waals surface area (Å²) in [5.41, 5.74) is -0.200. The molecule has 1 amide bonds. The molecule has 0 fully saturated rings. The minimum atomic E-state index is -0.285. The lowest BCUT2D eigenvalue weighted by atomic mass is 10.1. The van der Waals surface area contributed by atoms with Crippen molar-refractivity contribution in [3.05, 3.63) is 30.1 Å². The van der Waals surface area contributed by atoms with Gasteiger partial charge in [-0.05, 0) is 51.5 Å². The Balaban J connectivity index is 2.19. The number of rotatable bonds is 5. The van der Waals surface area contributed by atoms with Gasteiger partial charge in [0.1, 0.15) is 11.6 Å². The Kier molecular flexibility index (Phi) is 5.13. The number of benzene rings is 1. The van der Waals surface area contributed by atoms with Crippen molar-refractivity contribution >= 4 is 5.91 Å². The van der Waals surface area contributed by atoms with Crippen LogP contribution in [0, 0.1) is 5.82 Å². The van der Waals surface area contributed by atoms with Crippen LogP contribution in [0.3, 0.4) is 0 Å². The van der Waals surface area contributed by atoms with Crippen LogP contribution in [0.1, 0.15) is 33.6 Å². The van der Waals surface area contributed by atoms with Crippen LogP contribution in [0.5, 0.6) is 5.75 Å². The molecule has 4 heteroatoms. The van der Waals surface area contributed by atoms with Gasteiger partial charge in [0.15, 0.2) is 0 Å². The van der Waals surface area contributed by atoms with Gasteiger partial charge in [-0.15, -0.1) is 0 Å². The van der Waals surface area contributed by atoms with E-state index in [-0.39, 0.29) is 17.3 Å². The van der Waals surface area contributed by atoms with Gasteiger partial charge in [-0.2, -0.15) is 0 Å². The maximum absolute atomic E-state index is 12.6. The number of carbonyl (C=O) groups excluding carboxylic acids is 1. The molecule has 0 heterocycles. The summed E-state index contributed by atoms with van der Waals surface area (Å²) in [6.07, 6.45) is 1.07. The van der Waals surface area contributed by atoms with E-state index in [9.17, 15) is 9.18 Å². The second-order valence-corrected chi connectivity index (χ2v) is 5.20. The number of halogens is 1. The molecule has 1 N–H and O–H groups in total. The van der Waals surface area contributed by atoms with Crippen LogP contribution < -0.4 is 10.1 Å². The maximum atomic E-state index is 12.6. The van der Waals surface area contributed by atoms with Gasteiger partial charge in [0, 0.05) is 12.0 Å². The molecule has 1 aromatic rings. The number of hydrogen-bond donors (Lipinski definition) is 1. The van der Waals surface area contributed by atoms with Gasteiger partial charge in [-0.1, -0.05) is 0 Å². The van der Waals surface area contributed by atoms with Crippen LogP contribution >= 0.6 is 0 Å². The van der Waals surface area contributed by atoms with Gasteiger partial charge in [-0.3, -0.25) is 4.79 Å². The van der Waals surface area contributed by atoms with Crippen LogP contribution in [0.15, 0.2) is 24.3 Å². The molecule has 0 aliphatic rings. The first-order chi connectivity index (χ1) is 8.37. The van der Waals surface area contributed by atoms with Gasteiger partial charge in [0.05, 0.1) is 6.61 Å². The normalized spacial score (nSPS) is 11.1. The third-order valence-electron chi connectivity index (χ3n) is 2.14. The predicted octanol–water partition coefficient (Wildman–Crippen LogP) is 2.90. The van der Waals surface area contributed by atoms with Crippen molar-refractivity contribution in [2.24, 2.45) is 0 Å². The first-order valence-corrected chi connectivity index (χ1v) is 6.06. The molecule has 0 aliphatic carbocycles. The summed E-state index contributed by atoms with van der Waals surface area (Å²) in [7, 11) is 0. The van der Waals surface area contributed by atoms with Gasteiger partial charge >= 0.3 is 0 Å². The zero-order chi connectivity index (χ0) is 13.6. The molecule has 0 saturated heterocycles. The molecule has 0 atom stereocenters. The number of hydrogen-bond acceptors (Lipinski definition) is 2. The highest BCUT2D eigenvalue weighted by Crippen LogP contribution is 2.11. The quantitative estimate of drug-likeness (QED) is 0.819. The maximum Gasteiger partial charge on any atom is 0.220 e. The highest BCUT2D eigenvalue weighted by molar-refractivity contribution is 5.76. The van der Waals surface area contributed by atoms with E-state index >= 15 is 0 Å². The molecule has 0 saturated carbocycles. The Bertz CT molecular complexity index is 382. The largest absolute Gasteiger partial charge is 0.494 e. The van der Waals surface area contributed by atoms with Crippen molar-refractivity contribution in [1.82, 2.24) is 5.32 Å². The van der Waals surface area contributed by atoms with Gasteiger partial charge in [-0.25, -0.2) is 4.39 Å². The second kappa shape index (κ2) is 6.38. The van der Waals surface area contributed by atoms with Crippen LogP contribution in [0.25, 0.3) is 0 Å². The van der Waals surface area contributed by atoms with E-state index in [1.807, 2.05) is 20.8 Å². The molecule has 3 nitrogen and oxygen atoms in total. The van der Waals surface area contributed by atoms with Gasteiger partial charge in [0.25, 0.3) is 0 Å². The Morgan fingerprint density at radius 3 is 2.44 bits per heavy atom. The Morgan fingerprint density at radius 2 is 1.89 bits per heavy atom. The van der Waals surface area contributed by atoms with E-state index in [4.69, 9.17) is 4.74 Å². The molecule has 1 rings (SSSR count). The highest BCUT2D eigenvalue weighted by Gasteiger charge is 2.12. The minimum Gasteiger partial charge on any atom is -0.494 e. The molecule has 0 unspecified atom stereocenters. The summed E-state index contributed by atoms with van der Waals surface area (Å²) >= 11 is 0. The number of nitrogens with one attached hydrogen (secondary N) is 1. The second-order valence-electron chi connectivity index (χ2n) is 5.20. The first kappa shape index (κ1) is 14.5. The van der Waals surface area contributed by atoms with Crippen LogP contribution in [0.4, 0.5) is 4.39 Å². The van der Waals surface area contributed by atoms with Crippen LogP contribution in [-0.2, 0) is 4.79 Å². The third-order valence-corrected chi connectivity index (χ3v) is 2.14. The first-order valence-electron chi connectivity index (χ1n) is 6.06. The molecule has 18 heavy (non-hydrogen) atoms. The fourth-order valence-electron chi connectivity index (χ4n) is 1.43. The van der Waals surface area contributed by atoms with Crippen molar-refractivity contribution in [3.8, 4) is 5.75 Å². The van der Waals surface area contributed by atoms with E-state index in [0.29, 0.717) is 25.2 Å². The Hall–Kier alpha value is -1.58. The van der Waals surface area contributed by atoms with Crippen LogP contribution in [0.2, 0.25) is 0 Å². The summed E-state index contributed by atoms with van der Waals surface area (Å²) in [5.74, 6) is 0.352. The summed E-state index contributed by atoms with van der Waals surface area (Å²) in [4.78, 5) is 11.5. The Morgan fingerprint density at radius 1 is 1.28 bits per heavy atom. The zero-order valence-electron chi connectivity index (χ0n) is 11.1. The average Bonchev–Trinajstić information content (AvgIpc) is 2.24. The van der Waals surface area contributed by atoms with Gasteiger partial charge < -0.3 is 10.1 Å². The van der Waals surface area contributed by atoms with E-state index < -0.39 is 0 Å². The minimum absolute atomic E-state index is 0.0187. The standard InChI is InChI=1S/C14H20FNO2/c1-14(2,3)16-13(17)5-4-10-18-12-8-6-11(15)7-9-12/h6-9H,4-5,10H2,1-3H3,(H,16,17). The summed E-state index contributed by atoms with van der Waals surface area (Å²) < 4.78 is 18.0. The van der Waals surface area contributed by atoms with Crippen molar-refractivity contribution in [1.29, 1.82) is 0 Å². The summed E-state index contributed by atoms with van der Waals surface area (Å²) in [5, 5.41) is 2.88. The number of amides is 1. The molecule has 0 bridgehead atoms. The molecular weight excluding hydrogens is 233 g/mol. The lowest BCUT2D eigenvalue weighted by Crippen LogP contribution is -2.40. The topological polar surface area (TPSA) is 38.3 Å². The monoisotopic (exact) mass is 253 g/mol. The van der Waals surface area contributed by atoms with Crippen molar-refractivity contribution in [2.45, 2.75) is 39.2 Å². The number of ether oxygens (including phenoxy) is 1. The van der Waals surface area contributed by atoms with Crippen molar-refractivity contribution in [3.63, 3.8) is 0 Å². The molecular formula is C14H20FNO2. The smallest absolute Gasteiger partial charge is 0.220 e. The molecule has 0 aromatic heterocycles. The molecule has 1 aromatic carbocycles. The zero-order valence-corrected chi connectivity index (χ0v) is 11.1. The molecule has 100 valence electrons. The van der Waals surface area contributed by atoms with Crippen molar-refractivity contribution in [2.75, 3.05) is 6.61 Å². The van der Waals surface area contributed by atoms with E-state index in [1.165, 1.54) is 12.1 Å². The lowest BCUT2D eigenvalue weighted by molar-refractivity contribution is -0.122. The average molecular weight is 253 g/mol.